The van der Waals surface area contributed by atoms with E-state index in [9.17, 15) is 4.79 Å². The highest BCUT2D eigenvalue weighted by atomic mass is 35.5. The summed E-state index contributed by atoms with van der Waals surface area (Å²) in [5, 5.41) is 6.12. The summed E-state index contributed by atoms with van der Waals surface area (Å²) in [6.45, 7) is 2.01. The van der Waals surface area contributed by atoms with Gasteiger partial charge in [-0.3, -0.25) is 10.1 Å². The van der Waals surface area contributed by atoms with Crippen LogP contribution in [0.1, 0.15) is 11.1 Å². The molecule has 0 saturated carbocycles. The molecule has 0 bridgehead atoms. The Morgan fingerprint density at radius 3 is 2.54 bits per heavy atom. The molecule has 0 aromatic heterocycles. The minimum Gasteiger partial charge on any atom is -0.495 e. The summed E-state index contributed by atoms with van der Waals surface area (Å²) in [6.07, 6.45) is 3.15. The quantitative estimate of drug-likeness (QED) is 0.634. The van der Waals surface area contributed by atoms with Crippen LogP contribution < -0.4 is 15.4 Å². The number of hydrogen-bond acceptors (Lipinski definition) is 3. The van der Waals surface area contributed by atoms with Crippen LogP contribution in [-0.2, 0) is 4.79 Å². The molecule has 0 spiro atoms. The van der Waals surface area contributed by atoms with Crippen LogP contribution in [0.2, 0.25) is 5.02 Å². The molecule has 124 valence electrons. The van der Waals surface area contributed by atoms with Gasteiger partial charge >= 0.3 is 0 Å². The van der Waals surface area contributed by atoms with Crippen LogP contribution >= 0.6 is 23.8 Å². The molecule has 0 unspecified atom stereocenters. The van der Waals surface area contributed by atoms with Crippen molar-refractivity contribution in [1.29, 1.82) is 0 Å². The highest BCUT2D eigenvalue weighted by Gasteiger charge is 2.05. The largest absolute Gasteiger partial charge is 0.495 e. The molecule has 2 N–H and O–H groups in total. The number of carbonyl (C=O) groups is 1. The van der Waals surface area contributed by atoms with Gasteiger partial charge in [-0.25, -0.2) is 0 Å². The molecule has 0 atom stereocenters. The topological polar surface area (TPSA) is 50.4 Å². The molecule has 0 fully saturated rings. The van der Waals surface area contributed by atoms with Crippen LogP contribution in [0.3, 0.4) is 0 Å². The SMILES string of the molecule is COc1ccc(NC(=S)NC(=O)/C=C/c2ccc(C)cc2)cc1Cl. The van der Waals surface area contributed by atoms with Crippen molar-refractivity contribution in [2.24, 2.45) is 0 Å². The summed E-state index contributed by atoms with van der Waals surface area (Å²) in [5.41, 5.74) is 2.77. The van der Waals surface area contributed by atoms with Crippen LogP contribution in [0.5, 0.6) is 5.75 Å². The van der Waals surface area contributed by atoms with E-state index in [1.165, 1.54) is 11.6 Å². The van der Waals surface area contributed by atoms with E-state index < -0.39 is 0 Å². The third-order valence-electron chi connectivity index (χ3n) is 3.15. The minimum atomic E-state index is -0.312. The molecule has 1 amide bonds. The standard InChI is InChI=1S/C18H17ClN2O2S/c1-12-3-5-13(6-4-12)7-10-17(22)21-18(24)20-14-8-9-16(23-2)15(19)11-14/h3-11H,1-2H3,(H2,20,21,22,24)/b10-7+. The number of nitrogens with one attached hydrogen (secondary N) is 2. The van der Waals surface area contributed by atoms with Gasteiger partial charge in [0.1, 0.15) is 5.75 Å². The normalized spacial score (nSPS) is 10.5. The van der Waals surface area contributed by atoms with Gasteiger partial charge in [-0.05, 0) is 49.0 Å². The predicted octanol–water partition coefficient (Wildman–Crippen LogP) is 4.18. The van der Waals surface area contributed by atoms with Gasteiger partial charge in [0, 0.05) is 11.8 Å². The van der Waals surface area contributed by atoms with E-state index in [-0.39, 0.29) is 11.0 Å². The maximum Gasteiger partial charge on any atom is 0.250 e. The zero-order valence-electron chi connectivity index (χ0n) is 13.3. The van der Waals surface area contributed by atoms with Crippen molar-refractivity contribution in [3.05, 3.63) is 64.7 Å². The molecule has 0 aliphatic heterocycles. The van der Waals surface area contributed by atoms with Gasteiger partial charge in [0.15, 0.2) is 5.11 Å². The smallest absolute Gasteiger partial charge is 0.250 e. The number of rotatable bonds is 4. The number of thiocarbonyl (C=S) groups is 1. The van der Waals surface area contributed by atoms with E-state index in [0.717, 1.165) is 5.56 Å². The number of amides is 1. The molecule has 0 aliphatic carbocycles. The fourth-order valence-electron chi connectivity index (χ4n) is 1.91. The lowest BCUT2D eigenvalue weighted by Gasteiger charge is -2.10. The molecule has 0 aliphatic rings. The van der Waals surface area contributed by atoms with Gasteiger partial charge in [0.25, 0.3) is 0 Å². The summed E-state index contributed by atoms with van der Waals surface area (Å²) in [5.74, 6) is 0.255. The van der Waals surface area contributed by atoms with Crippen molar-refractivity contribution in [3.8, 4) is 5.75 Å². The third-order valence-corrected chi connectivity index (χ3v) is 3.65. The van der Waals surface area contributed by atoms with Gasteiger partial charge in [0.05, 0.1) is 12.1 Å². The number of hydrogen-bond donors (Lipinski definition) is 2. The monoisotopic (exact) mass is 360 g/mol. The molecule has 2 rings (SSSR count). The molecule has 6 heteroatoms. The Balaban J connectivity index is 1.90. The first-order chi connectivity index (χ1) is 11.5. The molecule has 2 aromatic carbocycles. The third kappa shape index (κ3) is 5.37. The fourth-order valence-corrected chi connectivity index (χ4v) is 2.39. The number of aryl methyl sites for hydroxylation is 1. The van der Waals surface area contributed by atoms with E-state index in [2.05, 4.69) is 10.6 Å². The lowest BCUT2D eigenvalue weighted by atomic mass is 10.1. The maximum absolute atomic E-state index is 11.9. The minimum absolute atomic E-state index is 0.190. The molecule has 24 heavy (non-hydrogen) atoms. The molecule has 0 heterocycles. The maximum atomic E-state index is 11.9. The van der Waals surface area contributed by atoms with Gasteiger partial charge < -0.3 is 10.1 Å². The second-order valence-corrected chi connectivity index (χ2v) is 5.85. The number of halogens is 1. The van der Waals surface area contributed by atoms with Crippen LogP contribution in [0.15, 0.2) is 48.5 Å². The highest BCUT2D eigenvalue weighted by Crippen LogP contribution is 2.27. The van der Waals surface area contributed by atoms with Crippen molar-refractivity contribution < 1.29 is 9.53 Å². The summed E-state index contributed by atoms with van der Waals surface area (Å²) >= 11 is 11.2. The first-order valence-corrected chi connectivity index (χ1v) is 7.97. The van der Waals surface area contributed by atoms with E-state index in [1.807, 2.05) is 31.2 Å². The number of benzene rings is 2. The van der Waals surface area contributed by atoms with Crippen molar-refractivity contribution >= 4 is 46.6 Å². The van der Waals surface area contributed by atoms with Crippen molar-refractivity contribution in [2.75, 3.05) is 12.4 Å². The average Bonchev–Trinajstić information content (AvgIpc) is 2.54. The van der Waals surface area contributed by atoms with Crippen molar-refractivity contribution in [3.63, 3.8) is 0 Å². The molecular formula is C18H17ClN2O2S. The van der Waals surface area contributed by atoms with E-state index in [4.69, 9.17) is 28.6 Å². The zero-order chi connectivity index (χ0) is 17.5. The van der Waals surface area contributed by atoms with E-state index in [0.29, 0.717) is 16.5 Å². The Hall–Kier alpha value is -2.37. The number of methoxy groups -OCH3 is 1. The second kappa shape index (κ2) is 8.47. The van der Waals surface area contributed by atoms with Gasteiger partial charge in [0.2, 0.25) is 5.91 Å². The number of carbonyl (C=O) groups excluding carboxylic acids is 1. The number of anilines is 1. The predicted molar refractivity (Wildman–Crippen MR) is 103 cm³/mol. The van der Waals surface area contributed by atoms with Crippen LogP contribution in [0.4, 0.5) is 5.69 Å². The Bertz CT molecular complexity index is 773. The van der Waals surface area contributed by atoms with Crippen molar-refractivity contribution in [2.45, 2.75) is 6.92 Å². The molecule has 4 nitrogen and oxygen atoms in total. The Kier molecular flexibility index (Phi) is 6.35. The van der Waals surface area contributed by atoms with E-state index in [1.54, 1.807) is 31.4 Å². The van der Waals surface area contributed by atoms with Crippen LogP contribution in [0, 0.1) is 6.92 Å². The lowest BCUT2D eigenvalue weighted by Crippen LogP contribution is -2.32. The fraction of sp³-hybridized carbons (Fsp3) is 0.111. The van der Waals surface area contributed by atoms with Gasteiger partial charge in [-0.15, -0.1) is 0 Å². The summed E-state index contributed by atoms with van der Waals surface area (Å²) < 4.78 is 5.08. The molecule has 0 radical (unpaired) electrons. The van der Waals surface area contributed by atoms with Crippen LogP contribution in [-0.4, -0.2) is 18.1 Å². The molecule has 2 aromatic rings. The summed E-state index contributed by atoms with van der Waals surface area (Å²) in [6, 6.07) is 13.0. The molecular weight excluding hydrogens is 344 g/mol. The summed E-state index contributed by atoms with van der Waals surface area (Å²) in [4.78, 5) is 11.9. The van der Waals surface area contributed by atoms with Gasteiger partial charge in [-0.2, -0.15) is 0 Å². The van der Waals surface area contributed by atoms with Gasteiger partial charge in [-0.1, -0.05) is 41.4 Å². The average molecular weight is 361 g/mol. The summed E-state index contributed by atoms with van der Waals surface area (Å²) in [7, 11) is 1.54. The Labute approximate surface area is 151 Å². The first kappa shape index (κ1) is 18.0. The highest BCUT2D eigenvalue weighted by molar-refractivity contribution is 7.80. The van der Waals surface area contributed by atoms with E-state index >= 15 is 0 Å². The number of ether oxygens (including phenoxy) is 1. The lowest BCUT2D eigenvalue weighted by molar-refractivity contribution is -0.115. The first-order valence-electron chi connectivity index (χ1n) is 7.18. The second-order valence-electron chi connectivity index (χ2n) is 5.04. The zero-order valence-corrected chi connectivity index (χ0v) is 14.9. The van der Waals surface area contributed by atoms with Crippen LogP contribution in [0.25, 0.3) is 6.08 Å². The van der Waals surface area contributed by atoms with Crippen molar-refractivity contribution in [1.82, 2.24) is 5.32 Å². The Morgan fingerprint density at radius 2 is 1.92 bits per heavy atom. The Morgan fingerprint density at radius 1 is 1.21 bits per heavy atom. The molecule has 0 saturated heterocycles.